The molecular weight excluding hydrogens is 340 g/mol. The number of rotatable bonds is 1. The van der Waals surface area contributed by atoms with Gasteiger partial charge in [0.25, 0.3) is 5.01 Å². The Hall–Kier alpha value is -3.16. The van der Waals surface area contributed by atoms with Crippen molar-refractivity contribution in [2.45, 2.75) is 6.92 Å². The van der Waals surface area contributed by atoms with Crippen molar-refractivity contribution in [3.05, 3.63) is 71.6 Å². The van der Waals surface area contributed by atoms with Gasteiger partial charge in [-0.1, -0.05) is 47.7 Å². The average molecular weight is 355 g/mol. The summed E-state index contributed by atoms with van der Waals surface area (Å²) in [5, 5.41) is 3.32. The molecule has 4 heteroatoms. The van der Waals surface area contributed by atoms with Gasteiger partial charge in [0.15, 0.2) is 5.69 Å². The second-order valence-electron chi connectivity index (χ2n) is 6.46. The number of aryl methyl sites for hydroxylation is 2. The van der Waals surface area contributed by atoms with Crippen molar-refractivity contribution in [2.75, 3.05) is 0 Å². The molecule has 0 aliphatic heterocycles. The number of hydrogen-bond acceptors (Lipinski definition) is 2. The van der Waals surface area contributed by atoms with Crippen LogP contribution in [0.5, 0.6) is 0 Å². The van der Waals surface area contributed by atoms with E-state index in [1.165, 1.54) is 20.8 Å². The highest BCUT2D eigenvalue weighted by Gasteiger charge is 2.24. The van der Waals surface area contributed by atoms with Crippen LogP contribution in [0.15, 0.2) is 59.0 Å². The van der Waals surface area contributed by atoms with E-state index in [1.807, 2.05) is 18.2 Å². The predicted molar refractivity (Wildman–Crippen MR) is 107 cm³/mol. The van der Waals surface area contributed by atoms with E-state index in [1.54, 1.807) is 11.3 Å². The van der Waals surface area contributed by atoms with Gasteiger partial charge in [-0.05, 0) is 24.6 Å². The molecule has 124 valence electrons. The Morgan fingerprint density at radius 1 is 1.04 bits per heavy atom. The molecule has 0 saturated heterocycles. The van der Waals surface area contributed by atoms with Crippen molar-refractivity contribution in [1.29, 1.82) is 0 Å². The number of fused-ring (bicyclic) bond motifs is 4. The first-order chi connectivity index (χ1) is 12.7. The van der Waals surface area contributed by atoms with Gasteiger partial charge in [0, 0.05) is 16.8 Å². The molecule has 0 N–H and O–H groups in total. The fraction of sp³-hybridized carbons (Fsp3) is 0.0909. The Bertz CT molecular complexity index is 1370. The first-order valence-electron chi connectivity index (χ1n) is 8.38. The summed E-state index contributed by atoms with van der Waals surface area (Å²) in [6.45, 7) is 9.36. The Morgan fingerprint density at radius 2 is 1.85 bits per heavy atom. The molecular formula is C22H15N2OS+. The molecule has 0 amide bonds. The predicted octanol–water partition coefficient (Wildman–Crippen LogP) is 6.15. The zero-order chi connectivity index (χ0) is 17.8. The minimum absolute atomic E-state index is 0.599. The summed E-state index contributed by atoms with van der Waals surface area (Å²) in [5.74, 6) is 0. The van der Waals surface area contributed by atoms with E-state index in [-0.39, 0.29) is 0 Å². The Balaban J connectivity index is 1.91. The lowest BCUT2D eigenvalue weighted by Gasteiger charge is -2.01. The summed E-state index contributed by atoms with van der Waals surface area (Å²) in [7, 11) is 2.10. The fourth-order valence-electron chi connectivity index (χ4n) is 3.58. The second-order valence-corrected chi connectivity index (χ2v) is 7.49. The summed E-state index contributed by atoms with van der Waals surface area (Å²) in [6, 6.07) is 18.4. The molecule has 5 aromatic rings. The van der Waals surface area contributed by atoms with E-state index >= 15 is 0 Å². The highest BCUT2D eigenvalue weighted by molar-refractivity contribution is 7.21. The van der Waals surface area contributed by atoms with Gasteiger partial charge in [-0.3, -0.25) is 0 Å². The molecule has 0 radical (unpaired) electrons. The first-order valence-corrected chi connectivity index (χ1v) is 9.20. The molecule has 0 fully saturated rings. The summed E-state index contributed by atoms with van der Waals surface area (Å²) in [6.07, 6.45) is 0. The number of para-hydroxylation sites is 1. The lowest BCUT2D eigenvalue weighted by Crippen LogP contribution is -2.28. The zero-order valence-corrected chi connectivity index (χ0v) is 15.2. The smallest absolute Gasteiger partial charge is 0.273 e. The van der Waals surface area contributed by atoms with Crippen molar-refractivity contribution in [3.8, 4) is 10.6 Å². The van der Waals surface area contributed by atoms with E-state index < -0.39 is 0 Å². The first kappa shape index (κ1) is 15.1. The highest BCUT2D eigenvalue weighted by atomic mass is 32.1. The molecule has 5 rings (SSSR count). The quantitative estimate of drug-likeness (QED) is 0.261. The van der Waals surface area contributed by atoms with Gasteiger partial charge in [0.2, 0.25) is 5.52 Å². The van der Waals surface area contributed by atoms with Gasteiger partial charge in [-0.2, -0.15) is 4.57 Å². The molecule has 0 unspecified atom stereocenters. The number of thiazole rings is 1. The standard InChI is InChI=1S/C22H15N2OS/c1-13-8-10-16-15-11-9-14(23-2)12-18(15)25-21(16)20(13)22-24(3)17-6-4-5-7-19(17)26-22/h4-12H,1,3H3/q+1. The minimum atomic E-state index is 0.599. The molecule has 2 heterocycles. The maximum Gasteiger partial charge on any atom is 0.273 e. The van der Waals surface area contributed by atoms with Crippen molar-refractivity contribution in [3.63, 3.8) is 0 Å². The van der Waals surface area contributed by atoms with Crippen molar-refractivity contribution < 1.29 is 8.98 Å². The summed E-state index contributed by atoms with van der Waals surface area (Å²) in [4.78, 5) is 3.52. The second kappa shape index (κ2) is 5.42. The molecule has 26 heavy (non-hydrogen) atoms. The molecule has 0 atom stereocenters. The van der Waals surface area contributed by atoms with Crippen LogP contribution in [0.3, 0.4) is 0 Å². The Morgan fingerprint density at radius 3 is 2.65 bits per heavy atom. The van der Waals surface area contributed by atoms with Crippen LogP contribution >= 0.6 is 11.3 Å². The number of aromatic nitrogens is 1. The van der Waals surface area contributed by atoms with Crippen LogP contribution in [0.4, 0.5) is 5.69 Å². The minimum Gasteiger partial charge on any atom is -0.456 e. The third-order valence-electron chi connectivity index (χ3n) is 4.91. The highest BCUT2D eigenvalue weighted by Crippen LogP contribution is 2.40. The van der Waals surface area contributed by atoms with Crippen LogP contribution < -0.4 is 4.57 Å². The number of furan rings is 1. The van der Waals surface area contributed by atoms with Crippen LogP contribution in [0, 0.1) is 13.5 Å². The van der Waals surface area contributed by atoms with E-state index in [2.05, 4.69) is 59.8 Å². The monoisotopic (exact) mass is 355 g/mol. The van der Waals surface area contributed by atoms with E-state index in [4.69, 9.17) is 11.0 Å². The van der Waals surface area contributed by atoms with Crippen molar-refractivity contribution in [1.82, 2.24) is 0 Å². The molecule has 3 aromatic carbocycles. The molecule has 0 bridgehead atoms. The van der Waals surface area contributed by atoms with Gasteiger partial charge in [0.05, 0.1) is 6.57 Å². The van der Waals surface area contributed by atoms with Gasteiger partial charge in [0.1, 0.15) is 28.5 Å². The largest absolute Gasteiger partial charge is 0.456 e. The van der Waals surface area contributed by atoms with Crippen LogP contribution in [0.1, 0.15) is 5.56 Å². The lowest BCUT2D eigenvalue weighted by atomic mass is 10.0. The van der Waals surface area contributed by atoms with E-state index in [9.17, 15) is 0 Å². The summed E-state index contributed by atoms with van der Waals surface area (Å²) >= 11 is 1.78. The molecule has 0 spiro atoms. The maximum absolute atomic E-state index is 7.24. The molecule has 0 aliphatic rings. The Labute approximate surface area is 154 Å². The van der Waals surface area contributed by atoms with Crippen LogP contribution in [0.2, 0.25) is 0 Å². The van der Waals surface area contributed by atoms with E-state index in [0.717, 1.165) is 27.5 Å². The zero-order valence-electron chi connectivity index (χ0n) is 14.4. The maximum atomic E-state index is 7.24. The van der Waals surface area contributed by atoms with Crippen LogP contribution in [0.25, 0.3) is 47.6 Å². The van der Waals surface area contributed by atoms with Crippen molar-refractivity contribution >= 4 is 49.2 Å². The number of nitrogens with zero attached hydrogens (tertiary/aromatic N) is 2. The van der Waals surface area contributed by atoms with E-state index in [0.29, 0.717) is 5.69 Å². The number of hydrogen-bond donors (Lipinski definition) is 0. The van der Waals surface area contributed by atoms with Crippen LogP contribution in [-0.4, -0.2) is 0 Å². The third-order valence-corrected chi connectivity index (χ3v) is 6.15. The van der Waals surface area contributed by atoms with Gasteiger partial charge < -0.3 is 4.42 Å². The SMILES string of the molecule is [C-]#[N+]c1ccc2c(c1)oc1c(-c3sc4ccccc4[n+]3C)c(C)ccc12. The molecule has 3 nitrogen and oxygen atoms in total. The van der Waals surface area contributed by atoms with Gasteiger partial charge >= 0.3 is 0 Å². The molecule has 2 aromatic heterocycles. The van der Waals surface area contributed by atoms with Crippen molar-refractivity contribution in [2.24, 2.45) is 7.05 Å². The van der Waals surface area contributed by atoms with Gasteiger partial charge in [-0.25, -0.2) is 4.85 Å². The fourth-order valence-corrected chi connectivity index (χ4v) is 4.84. The van der Waals surface area contributed by atoms with Crippen LogP contribution in [-0.2, 0) is 7.05 Å². The lowest BCUT2D eigenvalue weighted by molar-refractivity contribution is -0.629. The number of benzene rings is 3. The molecule has 0 saturated carbocycles. The normalized spacial score (nSPS) is 11.4. The Kier molecular flexibility index (Phi) is 3.15. The third kappa shape index (κ3) is 2.01. The molecule has 0 aliphatic carbocycles. The average Bonchev–Trinajstić information content (AvgIpc) is 3.19. The topological polar surface area (TPSA) is 21.4 Å². The summed E-state index contributed by atoms with van der Waals surface area (Å²) < 4.78 is 9.76. The van der Waals surface area contributed by atoms with Gasteiger partial charge in [-0.15, -0.1) is 0 Å². The summed E-state index contributed by atoms with van der Waals surface area (Å²) in [5.41, 5.74) is 5.79.